The number of halogens is 1. The Morgan fingerprint density at radius 3 is 2.44 bits per heavy atom. The summed E-state index contributed by atoms with van der Waals surface area (Å²) in [5, 5.41) is 2.74. The topological polar surface area (TPSA) is 74.8 Å². The first-order valence-electron chi connectivity index (χ1n) is 10.9. The maximum atomic E-state index is 13.8. The lowest BCUT2D eigenvalue weighted by Crippen LogP contribution is -2.52. The molecule has 3 rings (SSSR count). The van der Waals surface area contributed by atoms with Crippen LogP contribution in [0.4, 0.5) is 9.18 Å². The Morgan fingerprint density at radius 1 is 1.12 bits per heavy atom. The summed E-state index contributed by atoms with van der Waals surface area (Å²) in [6, 6.07) is 10.1. The largest absolute Gasteiger partial charge is 0.444 e. The van der Waals surface area contributed by atoms with Crippen LogP contribution in [0.25, 0.3) is 0 Å². The molecule has 2 aromatic rings. The molecule has 1 atom stereocenters. The van der Waals surface area contributed by atoms with E-state index in [9.17, 15) is 14.0 Å². The van der Waals surface area contributed by atoms with E-state index in [0.717, 1.165) is 0 Å². The third-order valence-electron chi connectivity index (χ3n) is 5.28. The fourth-order valence-corrected chi connectivity index (χ4v) is 3.62. The number of aromatic nitrogens is 1. The van der Waals surface area contributed by atoms with E-state index in [1.807, 2.05) is 30.3 Å². The fraction of sp³-hybridized carbons (Fsp3) is 0.458. The molecule has 0 aliphatic carbocycles. The SMILES string of the molecule is CC(C)(C)OC(=O)N[C@@H](C(=O)N1CCN(CCc2ccncc2F)CC1)c1ccccc1. The first-order chi connectivity index (χ1) is 15.2. The van der Waals surface area contributed by atoms with Gasteiger partial charge in [0.15, 0.2) is 0 Å². The standard InChI is InChI=1S/C24H31FN4O3/c1-24(2,3)32-23(31)27-21(19-7-5-4-6-8-19)22(30)29-15-13-28(14-16-29)12-10-18-9-11-26-17-20(18)25/h4-9,11,17,21H,10,12-16H2,1-3H3,(H,27,31)/t21-/m1/s1. The highest BCUT2D eigenvalue weighted by Gasteiger charge is 2.31. The van der Waals surface area contributed by atoms with Crippen molar-refractivity contribution in [3.63, 3.8) is 0 Å². The summed E-state index contributed by atoms with van der Waals surface area (Å²) in [5.41, 5.74) is 0.692. The van der Waals surface area contributed by atoms with Crippen molar-refractivity contribution in [2.24, 2.45) is 0 Å². The second-order valence-electron chi connectivity index (χ2n) is 8.87. The summed E-state index contributed by atoms with van der Waals surface area (Å²) in [5.74, 6) is -0.456. The molecule has 0 saturated carbocycles. The van der Waals surface area contributed by atoms with Crippen molar-refractivity contribution in [2.45, 2.75) is 38.8 Å². The first-order valence-corrected chi connectivity index (χ1v) is 10.9. The quantitative estimate of drug-likeness (QED) is 0.744. The van der Waals surface area contributed by atoms with E-state index >= 15 is 0 Å². The zero-order chi connectivity index (χ0) is 23.1. The van der Waals surface area contributed by atoms with Crippen LogP contribution in [0.1, 0.15) is 37.9 Å². The molecule has 7 nitrogen and oxygen atoms in total. The number of benzene rings is 1. The lowest BCUT2D eigenvalue weighted by atomic mass is 10.1. The Kier molecular flexibility index (Phi) is 7.80. The monoisotopic (exact) mass is 442 g/mol. The van der Waals surface area contributed by atoms with Crippen LogP contribution in [0, 0.1) is 5.82 Å². The first kappa shape index (κ1) is 23.7. The molecule has 2 amide bonds. The third kappa shape index (κ3) is 6.75. The van der Waals surface area contributed by atoms with Crippen molar-refractivity contribution in [1.82, 2.24) is 20.1 Å². The Labute approximate surface area is 188 Å². The van der Waals surface area contributed by atoms with Gasteiger partial charge in [-0.15, -0.1) is 0 Å². The number of rotatable bonds is 6. The zero-order valence-corrected chi connectivity index (χ0v) is 18.9. The number of nitrogens with one attached hydrogen (secondary N) is 1. The molecule has 1 aromatic heterocycles. The number of nitrogens with zero attached hydrogens (tertiary/aromatic N) is 3. The molecule has 1 aliphatic rings. The van der Waals surface area contributed by atoms with Gasteiger partial charge in [-0.2, -0.15) is 0 Å². The molecule has 1 aromatic carbocycles. The molecule has 1 N–H and O–H groups in total. The molecular weight excluding hydrogens is 411 g/mol. The van der Waals surface area contributed by atoms with Crippen molar-refractivity contribution < 1.29 is 18.7 Å². The van der Waals surface area contributed by atoms with Crippen LogP contribution in [0.5, 0.6) is 0 Å². The number of piperazine rings is 1. The molecule has 0 bridgehead atoms. The van der Waals surface area contributed by atoms with Crippen molar-refractivity contribution in [1.29, 1.82) is 0 Å². The van der Waals surface area contributed by atoms with Gasteiger partial charge in [0.1, 0.15) is 17.5 Å². The van der Waals surface area contributed by atoms with Crippen LogP contribution in [0.15, 0.2) is 48.8 Å². The van der Waals surface area contributed by atoms with Gasteiger partial charge in [-0.1, -0.05) is 30.3 Å². The number of alkyl carbamates (subject to hydrolysis) is 1. The number of carbonyl (C=O) groups excluding carboxylic acids is 2. The van der Waals surface area contributed by atoms with E-state index in [1.165, 1.54) is 6.20 Å². The number of hydrogen-bond donors (Lipinski definition) is 1. The zero-order valence-electron chi connectivity index (χ0n) is 18.9. The highest BCUT2D eigenvalue weighted by molar-refractivity contribution is 5.87. The van der Waals surface area contributed by atoms with Gasteiger partial charge in [0.25, 0.3) is 0 Å². The van der Waals surface area contributed by atoms with Crippen molar-refractivity contribution >= 4 is 12.0 Å². The maximum absolute atomic E-state index is 13.8. The lowest BCUT2D eigenvalue weighted by Gasteiger charge is -2.36. The van der Waals surface area contributed by atoms with E-state index in [2.05, 4.69) is 15.2 Å². The summed E-state index contributed by atoms with van der Waals surface area (Å²) in [4.78, 5) is 33.4. The Balaban J connectivity index is 1.59. The van der Waals surface area contributed by atoms with E-state index < -0.39 is 17.7 Å². The minimum Gasteiger partial charge on any atom is -0.444 e. The Bertz CT molecular complexity index is 909. The smallest absolute Gasteiger partial charge is 0.408 e. The number of hydrogen-bond acceptors (Lipinski definition) is 5. The molecule has 1 fully saturated rings. The van der Waals surface area contributed by atoms with Crippen LogP contribution >= 0.6 is 0 Å². The summed E-state index contributed by atoms with van der Waals surface area (Å²) >= 11 is 0. The van der Waals surface area contributed by atoms with Crippen LogP contribution < -0.4 is 5.32 Å². The molecular formula is C24H31FN4O3. The number of carbonyl (C=O) groups is 2. The molecule has 172 valence electrons. The van der Waals surface area contributed by atoms with E-state index in [0.29, 0.717) is 50.3 Å². The van der Waals surface area contributed by atoms with Gasteiger partial charge in [-0.25, -0.2) is 9.18 Å². The van der Waals surface area contributed by atoms with Crippen LogP contribution in [0.2, 0.25) is 0 Å². The third-order valence-corrected chi connectivity index (χ3v) is 5.28. The molecule has 32 heavy (non-hydrogen) atoms. The second-order valence-corrected chi connectivity index (χ2v) is 8.87. The lowest BCUT2D eigenvalue weighted by molar-refractivity contribution is -0.135. The number of pyridine rings is 1. The maximum Gasteiger partial charge on any atom is 0.408 e. The van der Waals surface area contributed by atoms with E-state index in [1.54, 1.807) is 37.9 Å². The van der Waals surface area contributed by atoms with Gasteiger partial charge in [-0.3, -0.25) is 14.7 Å². The molecule has 0 unspecified atom stereocenters. The summed E-state index contributed by atoms with van der Waals surface area (Å²) < 4.78 is 19.2. The highest BCUT2D eigenvalue weighted by Crippen LogP contribution is 2.19. The predicted molar refractivity (Wildman–Crippen MR) is 119 cm³/mol. The van der Waals surface area contributed by atoms with E-state index in [-0.39, 0.29) is 11.7 Å². The number of amides is 2. The van der Waals surface area contributed by atoms with E-state index in [4.69, 9.17) is 4.74 Å². The molecule has 1 aliphatic heterocycles. The van der Waals surface area contributed by atoms with Gasteiger partial charge in [-0.05, 0) is 44.4 Å². The molecule has 0 radical (unpaired) electrons. The second kappa shape index (κ2) is 10.5. The van der Waals surface area contributed by atoms with Crippen molar-refractivity contribution in [3.8, 4) is 0 Å². The average Bonchev–Trinajstić information content (AvgIpc) is 2.76. The van der Waals surface area contributed by atoms with Crippen molar-refractivity contribution in [3.05, 3.63) is 65.7 Å². The minimum absolute atomic E-state index is 0.165. The summed E-state index contributed by atoms with van der Waals surface area (Å²) in [7, 11) is 0. The molecule has 8 heteroatoms. The summed E-state index contributed by atoms with van der Waals surface area (Å²) in [6.07, 6.45) is 2.79. The average molecular weight is 443 g/mol. The fourth-order valence-electron chi connectivity index (χ4n) is 3.62. The van der Waals surface area contributed by atoms with Crippen LogP contribution in [-0.4, -0.2) is 65.1 Å². The molecule has 2 heterocycles. The van der Waals surface area contributed by atoms with Gasteiger partial charge in [0.05, 0.1) is 6.20 Å². The van der Waals surface area contributed by atoms with Crippen molar-refractivity contribution in [2.75, 3.05) is 32.7 Å². The van der Waals surface area contributed by atoms with Gasteiger partial charge < -0.3 is 15.0 Å². The molecule has 1 saturated heterocycles. The Hall–Kier alpha value is -3.00. The van der Waals surface area contributed by atoms with Gasteiger partial charge in [0, 0.05) is 38.9 Å². The molecule has 0 spiro atoms. The number of ether oxygens (including phenoxy) is 1. The minimum atomic E-state index is -0.816. The summed E-state index contributed by atoms with van der Waals surface area (Å²) in [6.45, 7) is 8.50. The van der Waals surface area contributed by atoms with Gasteiger partial charge in [0.2, 0.25) is 5.91 Å². The van der Waals surface area contributed by atoms with Gasteiger partial charge >= 0.3 is 6.09 Å². The van der Waals surface area contributed by atoms with Crippen LogP contribution in [0.3, 0.4) is 0 Å². The normalized spacial score (nSPS) is 15.8. The Morgan fingerprint density at radius 2 is 1.81 bits per heavy atom. The highest BCUT2D eigenvalue weighted by atomic mass is 19.1. The van der Waals surface area contributed by atoms with Crippen LogP contribution in [-0.2, 0) is 16.0 Å². The predicted octanol–water partition coefficient (Wildman–Crippen LogP) is 3.17.